The summed E-state index contributed by atoms with van der Waals surface area (Å²) in [7, 11) is 0. The van der Waals surface area contributed by atoms with Crippen LogP contribution in [0.2, 0.25) is 5.02 Å². The number of anilines is 2. The topological polar surface area (TPSA) is 50.9 Å². The average Bonchev–Trinajstić information content (AvgIpc) is 2.70. The molecule has 0 atom stereocenters. The largest absolute Gasteiger partial charge is 0.330 e. The molecule has 0 spiro atoms. The van der Waals surface area contributed by atoms with Crippen molar-refractivity contribution in [2.45, 2.75) is 6.42 Å². The minimum absolute atomic E-state index is 0.620. The van der Waals surface area contributed by atoms with Gasteiger partial charge in [0.1, 0.15) is 0 Å². The molecule has 0 bridgehead atoms. The molecular formula is C11H12ClN3S. The van der Waals surface area contributed by atoms with Gasteiger partial charge in [-0.3, -0.25) is 0 Å². The maximum absolute atomic E-state index is 6.04. The van der Waals surface area contributed by atoms with Gasteiger partial charge in [0.25, 0.3) is 0 Å². The average molecular weight is 254 g/mol. The first kappa shape index (κ1) is 11.4. The number of aromatic nitrogens is 1. The third-order valence-corrected chi connectivity index (χ3v) is 3.20. The molecule has 1 heterocycles. The zero-order valence-electron chi connectivity index (χ0n) is 8.61. The SMILES string of the molecule is NCCc1csc(Nc2ccccc2Cl)n1. The number of hydrogen-bond acceptors (Lipinski definition) is 4. The summed E-state index contributed by atoms with van der Waals surface area (Å²) in [6, 6.07) is 7.60. The number of para-hydroxylation sites is 1. The Hall–Kier alpha value is -1.10. The van der Waals surface area contributed by atoms with Crippen LogP contribution < -0.4 is 11.1 Å². The van der Waals surface area contributed by atoms with Gasteiger partial charge in [-0.1, -0.05) is 23.7 Å². The lowest BCUT2D eigenvalue weighted by atomic mass is 10.3. The molecule has 1 aromatic carbocycles. The van der Waals surface area contributed by atoms with Crippen molar-refractivity contribution in [3.63, 3.8) is 0 Å². The van der Waals surface area contributed by atoms with Crippen molar-refractivity contribution >= 4 is 33.8 Å². The van der Waals surface area contributed by atoms with Crippen LogP contribution in [0.3, 0.4) is 0 Å². The third-order valence-electron chi connectivity index (χ3n) is 2.07. The molecule has 0 radical (unpaired) electrons. The standard InChI is InChI=1S/C11H12ClN3S/c12-9-3-1-2-4-10(9)15-11-14-8(5-6-13)7-16-11/h1-4,7H,5-6,13H2,(H,14,15). The van der Waals surface area contributed by atoms with Crippen LogP contribution in [0, 0.1) is 0 Å². The van der Waals surface area contributed by atoms with E-state index in [2.05, 4.69) is 10.3 Å². The summed E-state index contributed by atoms with van der Waals surface area (Å²) >= 11 is 7.59. The molecular weight excluding hydrogens is 242 g/mol. The highest BCUT2D eigenvalue weighted by Gasteiger charge is 2.03. The molecule has 0 aliphatic carbocycles. The molecule has 0 aliphatic rings. The number of thiazole rings is 1. The first-order valence-electron chi connectivity index (χ1n) is 4.95. The second-order valence-electron chi connectivity index (χ2n) is 3.29. The molecule has 0 unspecified atom stereocenters. The van der Waals surface area contributed by atoms with Gasteiger partial charge in [0.15, 0.2) is 5.13 Å². The molecule has 1 aromatic heterocycles. The number of nitrogens with two attached hydrogens (primary N) is 1. The van der Waals surface area contributed by atoms with Crippen LogP contribution in [-0.4, -0.2) is 11.5 Å². The van der Waals surface area contributed by atoms with Crippen LogP contribution in [-0.2, 0) is 6.42 Å². The van der Waals surface area contributed by atoms with E-state index in [-0.39, 0.29) is 0 Å². The minimum atomic E-state index is 0.620. The second kappa shape index (κ2) is 5.30. The molecule has 2 rings (SSSR count). The number of benzene rings is 1. The predicted octanol–water partition coefficient (Wildman–Crippen LogP) is 3.04. The molecule has 0 saturated heterocycles. The molecule has 0 aliphatic heterocycles. The van der Waals surface area contributed by atoms with E-state index in [9.17, 15) is 0 Å². The molecule has 0 fully saturated rings. The minimum Gasteiger partial charge on any atom is -0.330 e. The molecule has 3 nitrogen and oxygen atoms in total. The fourth-order valence-corrected chi connectivity index (χ4v) is 2.24. The van der Waals surface area contributed by atoms with Crippen molar-refractivity contribution in [2.75, 3.05) is 11.9 Å². The third kappa shape index (κ3) is 2.72. The van der Waals surface area contributed by atoms with E-state index in [4.69, 9.17) is 17.3 Å². The molecule has 84 valence electrons. The van der Waals surface area contributed by atoms with Gasteiger partial charge in [0.2, 0.25) is 0 Å². The summed E-state index contributed by atoms with van der Waals surface area (Å²) in [6.45, 7) is 0.620. The Kier molecular flexibility index (Phi) is 3.77. The van der Waals surface area contributed by atoms with Crippen LogP contribution in [0.15, 0.2) is 29.6 Å². The van der Waals surface area contributed by atoms with Crippen molar-refractivity contribution < 1.29 is 0 Å². The summed E-state index contributed by atoms with van der Waals surface area (Å²) in [5.74, 6) is 0. The molecule has 0 amide bonds. The van der Waals surface area contributed by atoms with E-state index in [0.29, 0.717) is 11.6 Å². The van der Waals surface area contributed by atoms with Crippen LogP contribution in [0.4, 0.5) is 10.8 Å². The van der Waals surface area contributed by atoms with Gasteiger partial charge in [-0.15, -0.1) is 11.3 Å². The van der Waals surface area contributed by atoms with Crippen molar-refractivity contribution in [2.24, 2.45) is 5.73 Å². The Labute approximate surface area is 103 Å². The Balaban J connectivity index is 2.11. The lowest BCUT2D eigenvalue weighted by Crippen LogP contribution is -2.02. The zero-order chi connectivity index (χ0) is 11.4. The highest BCUT2D eigenvalue weighted by atomic mass is 35.5. The first-order valence-corrected chi connectivity index (χ1v) is 6.21. The van der Waals surface area contributed by atoms with Crippen molar-refractivity contribution in [3.8, 4) is 0 Å². The van der Waals surface area contributed by atoms with Gasteiger partial charge in [0.05, 0.1) is 16.4 Å². The van der Waals surface area contributed by atoms with Crippen LogP contribution in [0.5, 0.6) is 0 Å². The lowest BCUT2D eigenvalue weighted by Gasteiger charge is -2.03. The molecule has 5 heteroatoms. The van der Waals surface area contributed by atoms with Gasteiger partial charge < -0.3 is 11.1 Å². The number of halogens is 1. The highest BCUT2D eigenvalue weighted by Crippen LogP contribution is 2.26. The summed E-state index contributed by atoms with van der Waals surface area (Å²) in [5.41, 5.74) is 7.36. The van der Waals surface area contributed by atoms with Crippen LogP contribution >= 0.6 is 22.9 Å². The fraction of sp³-hybridized carbons (Fsp3) is 0.182. The summed E-state index contributed by atoms with van der Waals surface area (Å²) in [4.78, 5) is 4.41. The zero-order valence-corrected chi connectivity index (χ0v) is 10.2. The van der Waals surface area contributed by atoms with Gasteiger partial charge in [-0.05, 0) is 18.7 Å². The Morgan fingerprint density at radius 3 is 2.94 bits per heavy atom. The smallest absolute Gasteiger partial charge is 0.187 e. The van der Waals surface area contributed by atoms with Crippen molar-refractivity contribution in [1.29, 1.82) is 0 Å². The molecule has 2 aromatic rings. The quantitative estimate of drug-likeness (QED) is 0.881. The van der Waals surface area contributed by atoms with Crippen LogP contribution in [0.25, 0.3) is 0 Å². The number of hydrogen-bond donors (Lipinski definition) is 2. The molecule has 16 heavy (non-hydrogen) atoms. The fourth-order valence-electron chi connectivity index (χ4n) is 1.30. The van der Waals surface area contributed by atoms with Crippen molar-refractivity contribution in [1.82, 2.24) is 4.98 Å². The van der Waals surface area contributed by atoms with E-state index < -0.39 is 0 Å². The van der Waals surface area contributed by atoms with E-state index >= 15 is 0 Å². The number of rotatable bonds is 4. The number of nitrogens with zero attached hydrogens (tertiary/aromatic N) is 1. The summed E-state index contributed by atoms with van der Waals surface area (Å²) < 4.78 is 0. The molecule has 0 saturated carbocycles. The normalized spacial score (nSPS) is 10.4. The summed E-state index contributed by atoms with van der Waals surface area (Å²) in [5, 5.41) is 6.73. The van der Waals surface area contributed by atoms with Gasteiger partial charge in [0, 0.05) is 11.8 Å². The second-order valence-corrected chi connectivity index (χ2v) is 4.55. The Bertz CT molecular complexity index is 470. The predicted molar refractivity (Wildman–Crippen MR) is 69.6 cm³/mol. The van der Waals surface area contributed by atoms with Crippen LogP contribution in [0.1, 0.15) is 5.69 Å². The van der Waals surface area contributed by atoms with Gasteiger partial charge in [-0.25, -0.2) is 4.98 Å². The van der Waals surface area contributed by atoms with E-state index in [1.165, 1.54) is 0 Å². The number of nitrogens with one attached hydrogen (secondary N) is 1. The molecule has 3 N–H and O–H groups in total. The summed E-state index contributed by atoms with van der Waals surface area (Å²) in [6.07, 6.45) is 0.806. The van der Waals surface area contributed by atoms with Gasteiger partial charge >= 0.3 is 0 Å². The lowest BCUT2D eigenvalue weighted by molar-refractivity contribution is 0.936. The highest BCUT2D eigenvalue weighted by molar-refractivity contribution is 7.13. The first-order chi connectivity index (χ1) is 7.79. The van der Waals surface area contributed by atoms with E-state index in [0.717, 1.165) is 22.9 Å². The monoisotopic (exact) mass is 253 g/mol. The van der Waals surface area contributed by atoms with E-state index in [1.807, 2.05) is 29.6 Å². The Morgan fingerprint density at radius 1 is 1.38 bits per heavy atom. The van der Waals surface area contributed by atoms with Gasteiger partial charge in [-0.2, -0.15) is 0 Å². The Morgan fingerprint density at radius 2 is 2.19 bits per heavy atom. The van der Waals surface area contributed by atoms with E-state index in [1.54, 1.807) is 11.3 Å². The van der Waals surface area contributed by atoms with Crippen molar-refractivity contribution in [3.05, 3.63) is 40.4 Å². The maximum atomic E-state index is 6.04. The maximum Gasteiger partial charge on any atom is 0.187 e.